The first-order valence-corrected chi connectivity index (χ1v) is 3.36. The number of hydrogen-bond donors (Lipinski definition) is 0. The van der Waals surface area contributed by atoms with Crippen molar-refractivity contribution in [1.29, 1.82) is 0 Å². The van der Waals surface area contributed by atoms with E-state index >= 15 is 0 Å². The summed E-state index contributed by atoms with van der Waals surface area (Å²) in [6, 6.07) is 7.90. The third kappa shape index (κ3) is 1.01. The van der Waals surface area contributed by atoms with Crippen molar-refractivity contribution < 1.29 is 0 Å². The molecule has 0 unspecified atom stereocenters. The molecule has 0 bridgehead atoms. The van der Waals surface area contributed by atoms with Crippen molar-refractivity contribution in [3.63, 3.8) is 0 Å². The van der Waals surface area contributed by atoms with Gasteiger partial charge in [0.25, 0.3) is 0 Å². The predicted octanol–water partition coefficient (Wildman–Crippen LogP) is 1.54. The summed E-state index contributed by atoms with van der Waals surface area (Å²) in [5, 5.41) is 0.915. The molecule has 0 atom stereocenters. The molecular formula is C9H6N2. The highest BCUT2D eigenvalue weighted by Crippen LogP contribution is 2.05. The summed E-state index contributed by atoms with van der Waals surface area (Å²) in [6.45, 7) is 1.97. The molecule has 0 spiro atoms. The van der Waals surface area contributed by atoms with E-state index in [4.69, 9.17) is 0 Å². The van der Waals surface area contributed by atoms with E-state index in [-0.39, 0.29) is 0 Å². The van der Waals surface area contributed by atoms with E-state index in [1.807, 2.05) is 13.0 Å². The van der Waals surface area contributed by atoms with Gasteiger partial charge in [-0.25, -0.2) is 9.97 Å². The van der Waals surface area contributed by atoms with E-state index in [1.165, 1.54) is 6.33 Å². The minimum absolute atomic E-state index is 0.915. The molecule has 0 aliphatic heterocycles. The number of fused-ring (bicyclic) bond motifs is 1. The topological polar surface area (TPSA) is 25.8 Å². The van der Waals surface area contributed by atoms with Crippen LogP contribution in [0.25, 0.3) is 10.9 Å². The molecule has 1 aromatic carbocycles. The van der Waals surface area contributed by atoms with Gasteiger partial charge in [-0.15, -0.1) is 0 Å². The smallest absolute Gasteiger partial charge is 0.116 e. The second-order valence-corrected chi connectivity index (χ2v) is 2.40. The van der Waals surface area contributed by atoms with Crippen LogP contribution in [0.4, 0.5) is 0 Å². The van der Waals surface area contributed by atoms with Gasteiger partial charge in [-0.05, 0) is 13.0 Å². The summed E-state index contributed by atoms with van der Waals surface area (Å²) in [5.74, 6) is 0. The Balaban J connectivity index is 2.83. The van der Waals surface area contributed by atoms with Gasteiger partial charge in [-0.1, -0.05) is 12.1 Å². The first-order valence-electron chi connectivity index (χ1n) is 3.36. The van der Waals surface area contributed by atoms with Gasteiger partial charge in [0, 0.05) is 11.8 Å². The Hall–Kier alpha value is -1.62. The summed E-state index contributed by atoms with van der Waals surface area (Å²) in [6.07, 6.45) is 3.27. The molecule has 0 amide bonds. The molecule has 2 nitrogen and oxygen atoms in total. The molecule has 0 saturated heterocycles. The zero-order valence-corrected chi connectivity index (χ0v) is 6.13. The molecule has 0 aliphatic rings. The molecule has 0 saturated carbocycles. The summed E-state index contributed by atoms with van der Waals surface area (Å²) in [4.78, 5) is 7.96. The highest BCUT2D eigenvalue weighted by molar-refractivity contribution is 5.75. The maximum Gasteiger partial charge on any atom is 0.116 e. The fraction of sp³-hybridized carbons (Fsp3) is 0.111. The normalized spacial score (nSPS) is 9.55. The van der Waals surface area contributed by atoms with Crippen molar-refractivity contribution in [2.45, 2.75) is 6.92 Å². The predicted molar refractivity (Wildman–Crippen MR) is 41.9 cm³/mol. The van der Waals surface area contributed by atoms with E-state index in [9.17, 15) is 0 Å². The van der Waals surface area contributed by atoms with E-state index < -0.39 is 0 Å². The maximum atomic E-state index is 4.08. The Bertz CT molecular complexity index is 382. The Labute approximate surface area is 64.9 Å². The van der Waals surface area contributed by atoms with Crippen molar-refractivity contribution in [2.75, 3.05) is 0 Å². The zero-order valence-electron chi connectivity index (χ0n) is 6.13. The average Bonchev–Trinajstić information content (AvgIpc) is 2.04. The Morgan fingerprint density at radius 3 is 3.18 bits per heavy atom. The van der Waals surface area contributed by atoms with Crippen LogP contribution in [0, 0.1) is 19.1 Å². The van der Waals surface area contributed by atoms with Gasteiger partial charge < -0.3 is 0 Å². The lowest BCUT2D eigenvalue weighted by molar-refractivity contribution is 1.22. The lowest BCUT2D eigenvalue weighted by Gasteiger charge is -1.90. The molecule has 1 heterocycles. The fourth-order valence-corrected chi connectivity index (χ4v) is 0.957. The van der Waals surface area contributed by atoms with Crippen LogP contribution < -0.4 is 0 Å². The minimum Gasteiger partial charge on any atom is -0.243 e. The van der Waals surface area contributed by atoms with E-state index in [0.29, 0.717) is 0 Å². The Kier molecular flexibility index (Phi) is 1.23. The molecule has 11 heavy (non-hydrogen) atoms. The van der Waals surface area contributed by atoms with Gasteiger partial charge in [0.2, 0.25) is 0 Å². The SMILES string of the molecule is Cc1c#cc2cncnc2c1. The van der Waals surface area contributed by atoms with E-state index in [0.717, 1.165) is 16.5 Å². The number of aryl methyl sites for hydroxylation is 1. The third-order valence-electron chi connectivity index (χ3n) is 1.49. The van der Waals surface area contributed by atoms with Crippen LogP contribution in [0.3, 0.4) is 0 Å². The van der Waals surface area contributed by atoms with Crippen molar-refractivity contribution in [3.05, 3.63) is 36.3 Å². The largest absolute Gasteiger partial charge is 0.243 e. The van der Waals surface area contributed by atoms with Crippen LogP contribution >= 0.6 is 0 Å². The van der Waals surface area contributed by atoms with Gasteiger partial charge in [0.1, 0.15) is 6.33 Å². The summed E-state index contributed by atoms with van der Waals surface area (Å²) < 4.78 is 0. The van der Waals surface area contributed by atoms with Crippen molar-refractivity contribution in [1.82, 2.24) is 9.97 Å². The number of hydrogen-bond acceptors (Lipinski definition) is 2. The highest BCUT2D eigenvalue weighted by Gasteiger charge is 1.90. The van der Waals surface area contributed by atoms with Crippen LogP contribution in [0.15, 0.2) is 18.6 Å². The van der Waals surface area contributed by atoms with Crippen molar-refractivity contribution in [3.8, 4) is 0 Å². The Morgan fingerprint density at radius 2 is 2.27 bits per heavy atom. The summed E-state index contributed by atoms with van der Waals surface area (Å²) in [7, 11) is 0. The lowest BCUT2D eigenvalue weighted by Crippen LogP contribution is -1.79. The summed E-state index contributed by atoms with van der Waals surface area (Å²) >= 11 is 0. The number of aromatic nitrogens is 2. The number of rotatable bonds is 0. The van der Waals surface area contributed by atoms with Crippen LogP contribution in [0.5, 0.6) is 0 Å². The van der Waals surface area contributed by atoms with Gasteiger partial charge in [0.15, 0.2) is 0 Å². The molecular weight excluding hydrogens is 136 g/mol. The fourth-order valence-electron chi connectivity index (χ4n) is 0.957. The van der Waals surface area contributed by atoms with Crippen LogP contribution in [0.1, 0.15) is 5.56 Å². The molecule has 2 rings (SSSR count). The molecule has 1 aromatic heterocycles. The standard InChI is InChI=1S/C9H6N2/c1-7-2-3-8-5-10-6-11-9(8)4-7/h4-6H,1H3. The third-order valence-corrected chi connectivity index (χ3v) is 1.49. The van der Waals surface area contributed by atoms with E-state index in [2.05, 4.69) is 22.1 Å². The monoisotopic (exact) mass is 142 g/mol. The highest BCUT2D eigenvalue weighted by atomic mass is 14.8. The second kappa shape index (κ2) is 2.21. The van der Waals surface area contributed by atoms with Crippen LogP contribution in [-0.2, 0) is 0 Å². The molecule has 0 N–H and O–H groups in total. The molecule has 2 aromatic rings. The molecule has 0 radical (unpaired) electrons. The maximum absolute atomic E-state index is 4.08. The molecule has 52 valence electrons. The lowest BCUT2D eigenvalue weighted by atomic mass is 10.2. The molecule has 0 fully saturated rings. The van der Waals surface area contributed by atoms with Gasteiger partial charge >= 0.3 is 0 Å². The average molecular weight is 142 g/mol. The molecule has 0 aliphatic carbocycles. The quantitative estimate of drug-likeness (QED) is 0.557. The van der Waals surface area contributed by atoms with Crippen LogP contribution in [0.2, 0.25) is 0 Å². The summed E-state index contributed by atoms with van der Waals surface area (Å²) in [5.41, 5.74) is 1.98. The first kappa shape index (κ1) is 6.11. The van der Waals surface area contributed by atoms with Gasteiger partial charge in [-0.3, -0.25) is 0 Å². The number of nitrogens with zero attached hydrogens (tertiary/aromatic N) is 2. The Morgan fingerprint density at radius 1 is 1.36 bits per heavy atom. The van der Waals surface area contributed by atoms with Crippen LogP contribution in [-0.4, -0.2) is 9.97 Å². The van der Waals surface area contributed by atoms with Crippen molar-refractivity contribution >= 4 is 10.9 Å². The van der Waals surface area contributed by atoms with Gasteiger partial charge in [-0.2, -0.15) is 0 Å². The minimum atomic E-state index is 0.915. The van der Waals surface area contributed by atoms with E-state index in [1.54, 1.807) is 6.20 Å². The molecule has 2 heteroatoms. The van der Waals surface area contributed by atoms with Gasteiger partial charge in [0.05, 0.1) is 10.9 Å². The van der Waals surface area contributed by atoms with Crippen molar-refractivity contribution in [2.24, 2.45) is 0 Å². The zero-order chi connectivity index (χ0) is 7.68. The first-order chi connectivity index (χ1) is 5.36. The second-order valence-electron chi connectivity index (χ2n) is 2.40.